The van der Waals surface area contributed by atoms with E-state index in [4.69, 9.17) is 0 Å². The van der Waals surface area contributed by atoms with E-state index in [1.54, 1.807) is 24.3 Å². The van der Waals surface area contributed by atoms with E-state index in [1.807, 2.05) is 0 Å². The molecule has 3 rings (SSSR count). The molecule has 0 saturated carbocycles. The van der Waals surface area contributed by atoms with Crippen LogP contribution in [0.25, 0.3) is 0 Å². The molecule has 0 fully saturated rings. The second kappa shape index (κ2) is 7.71. The number of carbonyl (C=O) groups excluding carboxylic acids is 3. The Bertz CT molecular complexity index is 876. The highest BCUT2D eigenvalue weighted by Crippen LogP contribution is 2.29. The molecular formula is C19H16F3N3O3. The number of urea groups is 1. The Labute approximate surface area is 158 Å². The number of fused-ring (bicyclic) bond motifs is 1. The van der Waals surface area contributed by atoms with Gasteiger partial charge in [0.2, 0.25) is 0 Å². The summed E-state index contributed by atoms with van der Waals surface area (Å²) >= 11 is 0. The highest BCUT2D eigenvalue weighted by atomic mass is 19.4. The summed E-state index contributed by atoms with van der Waals surface area (Å²) in [6.45, 7) is 0.326. The van der Waals surface area contributed by atoms with Gasteiger partial charge in [-0.3, -0.25) is 14.5 Å². The lowest BCUT2D eigenvalue weighted by molar-refractivity contribution is -0.137. The molecule has 1 aliphatic rings. The van der Waals surface area contributed by atoms with E-state index >= 15 is 0 Å². The lowest BCUT2D eigenvalue weighted by atomic mass is 10.1. The van der Waals surface area contributed by atoms with E-state index in [-0.39, 0.29) is 30.6 Å². The van der Waals surface area contributed by atoms with Crippen LogP contribution in [0.15, 0.2) is 48.5 Å². The number of hydrogen-bond donors (Lipinski definition) is 2. The number of rotatable bonds is 5. The fourth-order valence-electron chi connectivity index (χ4n) is 2.80. The Morgan fingerprint density at radius 3 is 2.04 bits per heavy atom. The molecule has 0 radical (unpaired) electrons. The normalized spacial score (nSPS) is 13.5. The van der Waals surface area contributed by atoms with Crippen LogP contribution in [0.3, 0.4) is 0 Å². The van der Waals surface area contributed by atoms with Gasteiger partial charge in [-0.25, -0.2) is 4.79 Å². The summed E-state index contributed by atoms with van der Waals surface area (Å²) in [7, 11) is 0. The summed E-state index contributed by atoms with van der Waals surface area (Å²) in [5.74, 6) is -0.732. The predicted molar refractivity (Wildman–Crippen MR) is 94.9 cm³/mol. The van der Waals surface area contributed by atoms with Crippen LogP contribution in [0.5, 0.6) is 0 Å². The first-order valence-corrected chi connectivity index (χ1v) is 8.45. The maximum atomic E-state index is 12.5. The third kappa shape index (κ3) is 4.13. The van der Waals surface area contributed by atoms with Crippen molar-refractivity contribution in [1.29, 1.82) is 0 Å². The van der Waals surface area contributed by atoms with Gasteiger partial charge in [0, 0.05) is 18.8 Å². The van der Waals surface area contributed by atoms with Gasteiger partial charge in [-0.2, -0.15) is 13.2 Å². The Hall–Kier alpha value is -3.36. The molecule has 0 aromatic heterocycles. The lowest BCUT2D eigenvalue weighted by Gasteiger charge is -2.14. The van der Waals surface area contributed by atoms with Gasteiger partial charge in [-0.1, -0.05) is 12.1 Å². The molecule has 1 heterocycles. The average molecular weight is 391 g/mol. The van der Waals surface area contributed by atoms with Gasteiger partial charge in [0.1, 0.15) is 0 Å². The van der Waals surface area contributed by atoms with Gasteiger partial charge < -0.3 is 10.6 Å². The van der Waals surface area contributed by atoms with Crippen LogP contribution in [0, 0.1) is 0 Å². The molecule has 9 heteroatoms. The van der Waals surface area contributed by atoms with Crippen LogP contribution in [0.4, 0.5) is 23.7 Å². The second-order valence-corrected chi connectivity index (χ2v) is 6.12. The number of amides is 4. The van der Waals surface area contributed by atoms with Crippen molar-refractivity contribution < 1.29 is 27.6 Å². The minimum Gasteiger partial charge on any atom is -0.338 e. The van der Waals surface area contributed by atoms with Crippen molar-refractivity contribution in [2.24, 2.45) is 0 Å². The van der Waals surface area contributed by atoms with E-state index in [2.05, 4.69) is 10.6 Å². The molecule has 0 aliphatic carbocycles. The molecule has 1 aliphatic heterocycles. The smallest absolute Gasteiger partial charge is 0.338 e. The van der Waals surface area contributed by atoms with Gasteiger partial charge in [-0.05, 0) is 42.8 Å². The van der Waals surface area contributed by atoms with Crippen LogP contribution in [-0.2, 0) is 6.18 Å². The Kier molecular flexibility index (Phi) is 5.34. The fraction of sp³-hybridized carbons (Fsp3) is 0.211. The van der Waals surface area contributed by atoms with Crippen molar-refractivity contribution in [3.63, 3.8) is 0 Å². The molecule has 2 aromatic rings. The van der Waals surface area contributed by atoms with E-state index < -0.39 is 17.8 Å². The Balaban J connectivity index is 1.44. The van der Waals surface area contributed by atoms with Crippen LogP contribution >= 0.6 is 0 Å². The van der Waals surface area contributed by atoms with Crippen LogP contribution in [0.2, 0.25) is 0 Å². The van der Waals surface area contributed by atoms with Crippen molar-refractivity contribution in [2.45, 2.75) is 12.6 Å². The first kappa shape index (κ1) is 19.4. The van der Waals surface area contributed by atoms with Crippen LogP contribution < -0.4 is 10.6 Å². The maximum absolute atomic E-state index is 12.5. The van der Waals surface area contributed by atoms with Gasteiger partial charge in [0.05, 0.1) is 16.7 Å². The van der Waals surface area contributed by atoms with Crippen LogP contribution in [0.1, 0.15) is 32.7 Å². The molecule has 0 spiro atoms. The zero-order valence-electron chi connectivity index (χ0n) is 14.5. The number of alkyl halides is 3. The number of imide groups is 1. The first-order chi connectivity index (χ1) is 13.3. The van der Waals surface area contributed by atoms with Crippen LogP contribution in [-0.4, -0.2) is 35.8 Å². The third-order valence-corrected chi connectivity index (χ3v) is 4.19. The zero-order chi connectivity index (χ0) is 20.3. The zero-order valence-corrected chi connectivity index (χ0v) is 14.5. The van der Waals surface area contributed by atoms with Gasteiger partial charge in [-0.15, -0.1) is 0 Å². The molecule has 28 heavy (non-hydrogen) atoms. The third-order valence-electron chi connectivity index (χ3n) is 4.19. The number of nitrogens with zero attached hydrogens (tertiary/aromatic N) is 1. The fourth-order valence-corrected chi connectivity index (χ4v) is 2.80. The summed E-state index contributed by atoms with van der Waals surface area (Å²) in [6.07, 6.45) is -4.10. The van der Waals surface area contributed by atoms with Crippen molar-refractivity contribution in [2.75, 3.05) is 18.4 Å². The summed E-state index contributed by atoms with van der Waals surface area (Å²) in [5.41, 5.74) is 0.131. The summed E-state index contributed by atoms with van der Waals surface area (Å²) in [5, 5.41) is 4.95. The van der Waals surface area contributed by atoms with Gasteiger partial charge in [0.15, 0.2) is 0 Å². The molecule has 146 valence electrons. The highest BCUT2D eigenvalue weighted by molar-refractivity contribution is 6.21. The topological polar surface area (TPSA) is 78.5 Å². The SMILES string of the molecule is O=C(NCCCN1C(=O)c2ccccc2C1=O)Nc1ccc(C(F)(F)F)cc1. The minimum atomic E-state index is -4.44. The largest absolute Gasteiger partial charge is 0.416 e. The van der Waals surface area contributed by atoms with E-state index in [0.29, 0.717) is 17.5 Å². The average Bonchev–Trinajstić information content (AvgIpc) is 2.90. The molecule has 2 N–H and O–H groups in total. The van der Waals surface area contributed by atoms with Gasteiger partial charge >= 0.3 is 12.2 Å². The van der Waals surface area contributed by atoms with Crippen molar-refractivity contribution >= 4 is 23.5 Å². The van der Waals surface area contributed by atoms with E-state index in [1.165, 1.54) is 0 Å². The predicted octanol–water partition coefficient (Wildman–Crippen LogP) is 3.51. The second-order valence-electron chi connectivity index (χ2n) is 6.12. The number of hydrogen-bond acceptors (Lipinski definition) is 3. The van der Waals surface area contributed by atoms with Gasteiger partial charge in [0.25, 0.3) is 11.8 Å². The quantitative estimate of drug-likeness (QED) is 0.605. The summed E-state index contributed by atoms with van der Waals surface area (Å²) < 4.78 is 37.5. The van der Waals surface area contributed by atoms with Crippen molar-refractivity contribution in [3.8, 4) is 0 Å². The maximum Gasteiger partial charge on any atom is 0.416 e. The molecule has 6 nitrogen and oxygen atoms in total. The Morgan fingerprint density at radius 2 is 1.50 bits per heavy atom. The Morgan fingerprint density at radius 1 is 0.929 bits per heavy atom. The van der Waals surface area contributed by atoms with Crippen molar-refractivity contribution in [1.82, 2.24) is 10.2 Å². The summed E-state index contributed by atoms with van der Waals surface area (Å²) in [6, 6.07) is 10.00. The molecule has 2 aromatic carbocycles. The molecule has 4 amide bonds. The molecule has 0 atom stereocenters. The highest BCUT2D eigenvalue weighted by Gasteiger charge is 2.34. The monoisotopic (exact) mass is 391 g/mol. The number of nitrogens with one attached hydrogen (secondary N) is 2. The standard InChI is InChI=1S/C19H16F3N3O3/c20-19(21,22)12-6-8-13(9-7-12)24-18(28)23-10-3-11-25-16(26)14-4-1-2-5-15(14)17(25)27/h1-2,4-9H,3,10-11H2,(H2,23,24,28). The molecule has 0 unspecified atom stereocenters. The van der Waals surface area contributed by atoms with Crippen molar-refractivity contribution in [3.05, 3.63) is 65.2 Å². The van der Waals surface area contributed by atoms with E-state index in [0.717, 1.165) is 29.2 Å². The lowest BCUT2D eigenvalue weighted by Crippen LogP contribution is -2.35. The number of carbonyl (C=O) groups is 3. The first-order valence-electron chi connectivity index (χ1n) is 8.45. The number of halogens is 3. The minimum absolute atomic E-state index is 0.146. The number of benzene rings is 2. The number of anilines is 1. The summed E-state index contributed by atoms with van der Waals surface area (Å²) in [4.78, 5) is 37.3. The van der Waals surface area contributed by atoms with E-state index in [9.17, 15) is 27.6 Å². The molecule has 0 saturated heterocycles. The molecular weight excluding hydrogens is 375 g/mol. The molecule has 0 bridgehead atoms.